The molecular weight excluding hydrogens is 270 g/mol. The van der Waals surface area contributed by atoms with E-state index in [2.05, 4.69) is 31.8 Å². The largest absolute Gasteiger partial charge is 0.312 e. The van der Waals surface area contributed by atoms with Crippen LogP contribution in [0, 0.1) is 0 Å². The van der Waals surface area contributed by atoms with Gasteiger partial charge < -0.3 is 5.32 Å². The highest BCUT2D eigenvalue weighted by Crippen LogP contribution is 2.28. The van der Waals surface area contributed by atoms with Crippen LogP contribution in [0.3, 0.4) is 0 Å². The molecule has 1 saturated carbocycles. The zero-order valence-corrected chi connectivity index (χ0v) is 12.6. The van der Waals surface area contributed by atoms with Crippen LogP contribution in [0.2, 0.25) is 0 Å². The van der Waals surface area contributed by atoms with E-state index in [1.165, 1.54) is 48.5 Å². The molecule has 2 aromatic heterocycles. The fraction of sp³-hybridized carbons (Fsp3) is 0.643. The fourth-order valence-electron chi connectivity index (χ4n) is 2.92. The normalized spacial score (nSPS) is 18.2. The molecule has 3 rings (SSSR count). The Balaban J connectivity index is 1.67. The Bertz CT molecular complexity index is 515. The monoisotopic (exact) mass is 291 g/mol. The summed E-state index contributed by atoms with van der Waals surface area (Å²) in [5.74, 6) is 0. The van der Waals surface area contributed by atoms with Crippen LogP contribution in [0.1, 0.15) is 54.8 Å². The van der Waals surface area contributed by atoms with Crippen LogP contribution in [0.5, 0.6) is 0 Å². The van der Waals surface area contributed by atoms with Gasteiger partial charge in [0.25, 0.3) is 0 Å². The Morgan fingerprint density at radius 3 is 2.95 bits per heavy atom. The van der Waals surface area contributed by atoms with Gasteiger partial charge in [-0.25, -0.2) is 0 Å². The lowest BCUT2D eigenvalue weighted by molar-refractivity contribution is 0.327. The zero-order valence-electron chi connectivity index (χ0n) is 11.8. The van der Waals surface area contributed by atoms with Crippen molar-refractivity contribution in [3.8, 4) is 0 Å². The molecule has 0 aliphatic heterocycles. The molecule has 1 N–H and O–H groups in total. The summed E-state index contributed by atoms with van der Waals surface area (Å²) in [5, 5.41) is 12.0. The third kappa shape index (κ3) is 3.07. The van der Waals surface area contributed by atoms with Crippen LogP contribution in [0.4, 0.5) is 0 Å². The summed E-state index contributed by atoms with van der Waals surface area (Å²) >= 11 is 1.45. The lowest BCUT2D eigenvalue weighted by Crippen LogP contribution is -2.18. The molecule has 6 heteroatoms. The molecule has 5 nitrogen and oxygen atoms in total. The van der Waals surface area contributed by atoms with Crippen LogP contribution < -0.4 is 5.32 Å². The third-order valence-corrected chi connectivity index (χ3v) is 4.87. The smallest absolute Gasteiger partial charge is 0.0669 e. The topological polar surface area (TPSA) is 55.6 Å². The average Bonchev–Trinajstić information content (AvgIpc) is 3.17. The van der Waals surface area contributed by atoms with E-state index in [9.17, 15) is 0 Å². The maximum atomic E-state index is 4.77. The first-order valence-electron chi connectivity index (χ1n) is 7.35. The summed E-state index contributed by atoms with van der Waals surface area (Å²) in [6, 6.07) is 3.01. The Hall–Kier alpha value is -1.27. The highest BCUT2D eigenvalue weighted by molar-refractivity contribution is 7.05. The molecule has 108 valence electrons. The molecular formula is C14H21N5S. The van der Waals surface area contributed by atoms with Crippen molar-refractivity contribution in [2.75, 3.05) is 7.05 Å². The molecule has 1 fully saturated rings. The summed E-state index contributed by atoms with van der Waals surface area (Å²) < 4.78 is 6.11. The summed E-state index contributed by atoms with van der Waals surface area (Å²) in [5.41, 5.74) is 1.14. The molecule has 0 amide bonds. The lowest BCUT2D eigenvalue weighted by atomic mass is 9.96. The maximum Gasteiger partial charge on any atom is 0.0669 e. The summed E-state index contributed by atoms with van der Waals surface area (Å²) in [4.78, 5) is 1.17. The number of hydrogen-bond acceptors (Lipinski definition) is 5. The molecule has 0 spiro atoms. The molecule has 1 aliphatic carbocycles. The van der Waals surface area contributed by atoms with E-state index < -0.39 is 0 Å². The number of likely N-dealkylation sites (N-methyl/N-ethyl adjacent to an activating group) is 1. The van der Waals surface area contributed by atoms with Crippen molar-refractivity contribution < 1.29 is 0 Å². The number of nitrogens with zero attached hydrogens (tertiary/aromatic N) is 4. The van der Waals surface area contributed by atoms with Gasteiger partial charge in [0.05, 0.1) is 28.9 Å². The quantitative estimate of drug-likeness (QED) is 0.920. The van der Waals surface area contributed by atoms with E-state index in [-0.39, 0.29) is 6.04 Å². The van der Waals surface area contributed by atoms with E-state index in [1.807, 2.05) is 13.2 Å². The Labute approximate surface area is 123 Å². The molecule has 2 aromatic rings. The third-order valence-electron chi connectivity index (χ3n) is 4.10. The van der Waals surface area contributed by atoms with Crippen molar-refractivity contribution >= 4 is 11.5 Å². The van der Waals surface area contributed by atoms with Crippen molar-refractivity contribution in [3.05, 3.63) is 29.0 Å². The van der Waals surface area contributed by atoms with Crippen LogP contribution in [0.25, 0.3) is 0 Å². The average molecular weight is 291 g/mol. The minimum absolute atomic E-state index is 0.254. The standard InChI is InChI=1S/C14H21N5S/c1-15-13(14-10-16-18-20-14)9-11-7-8-19(17-11)12-5-3-2-4-6-12/h7-8,10,12-13,15H,2-6,9H2,1H3. The highest BCUT2D eigenvalue weighted by atomic mass is 32.1. The van der Waals surface area contributed by atoms with Gasteiger partial charge in [0.1, 0.15) is 0 Å². The van der Waals surface area contributed by atoms with Crippen molar-refractivity contribution in [3.63, 3.8) is 0 Å². The van der Waals surface area contributed by atoms with Crippen LogP contribution in [-0.2, 0) is 6.42 Å². The molecule has 0 radical (unpaired) electrons. The second kappa shape index (κ2) is 6.45. The highest BCUT2D eigenvalue weighted by Gasteiger charge is 2.18. The van der Waals surface area contributed by atoms with E-state index in [1.54, 1.807) is 0 Å². The van der Waals surface area contributed by atoms with Gasteiger partial charge in [0.2, 0.25) is 0 Å². The Morgan fingerprint density at radius 1 is 1.40 bits per heavy atom. The predicted molar refractivity (Wildman–Crippen MR) is 79.8 cm³/mol. The first-order valence-corrected chi connectivity index (χ1v) is 8.12. The van der Waals surface area contributed by atoms with Crippen LogP contribution >= 0.6 is 11.5 Å². The molecule has 2 heterocycles. The molecule has 20 heavy (non-hydrogen) atoms. The number of nitrogens with one attached hydrogen (secondary N) is 1. The van der Waals surface area contributed by atoms with Crippen LogP contribution in [0.15, 0.2) is 18.5 Å². The van der Waals surface area contributed by atoms with Gasteiger partial charge in [-0.3, -0.25) is 4.68 Å². The van der Waals surface area contributed by atoms with Gasteiger partial charge in [-0.05, 0) is 37.5 Å². The first-order chi connectivity index (χ1) is 9.86. The summed E-state index contributed by atoms with van der Waals surface area (Å²) in [6.45, 7) is 0. The minimum Gasteiger partial charge on any atom is -0.312 e. The number of hydrogen-bond donors (Lipinski definition) is 1. The van der Waals surface area contributed by atoms with Crippen molar-refractivity contribution in [1.82, 2.24) is 24.7 Å². The fourth-order valence-corrected chi connectivity index (χ4v) is 3.53. The molecule has 1 atom stereocenters. The van der Waals surface area contributed by atoms with Crippen molar-refractivity contribution in [1.29, 1.82) is 0 Å². The van der Waals surface area contributed by atoms with Gasteiger partial charge in [-0.15, -0.1) is 5.10 Å². The number of rotatable bonds is 5. The second-order valence-corrected chi connectivity index (χ2v) is 6.26. The zero-order chi connectivity index (χ0) is 13.8. The first kappa shape index (κ1) is 13.7. The Morgan fingerprint density at radius 2 is 2.25 bits per heavy atom. The predicted octanol–water partition coefficient (Wildman–Crippen LogP) is 2.74. The molecule has 1 aliphatic rings. The number of aromatic nitrogens is 4. The van der Waals surface area contributed by atoms with Gasteiger partial charge in [-0.2, -0.15) is 5.10 Å². The molecule has 0 saturated heterocycles. The van der Waals surface area contributed by atoms with Gasteiger partial charge in [-0.1, -0.05) is 23.8 Å². The van der Waals surface area contributed by atoms with E-state index >= 15 is 0 Å². The lowest BCUT2D eigenvalue weighted by Gasteiger charge is -2.21. The molecule has 0 bridgehead atoms. The maximum absolute atomic E-state index is 4.77. The summed E-state index contributed by atoms with van der Waals surface area (Å²) in [7, 11) is 1.97. The molecule has 1 unspecified atom stereocenters. The van der Waals surface area contributed by atoms with E-state index in [0.29, 0.717) is 6.04 Å². The van der Waals surface area contributed by atoms with E-state index in [0.717, 1.165) is 12.1 Å². The minimum atomic E-state index is 0.254. The van der Waals surface area contributed by atoms with Gasteiger partial charge in [0, 0.05) is 12.6 Å². The van der Waals surface area contributed by atoms with Crippen LogP contribution in [-0.4, -0.2) is 26.4 Å². The second-order valence-electron chi connectivity index (χ2n) is 5.44. The van der Waals surface area contributed by atoms with E-state index in [4.69, 9.17) is 5.10 Å². The van der Waals surface area contributed by atoms with Crippen molar-refractivity contribution in [2.24, 2.45) is 0 Å². The van der Waals surface area contributed by atoms with Gasteiger partial charge in [0.15, 0.2) is 0 Å². The van der Waals surface area contributed by atoms with Gasteiger partial charge >= 0.3 is 0 Å². The Kier molecular flexibility index (Phi) is 4.42. The summed E-state index contributed by atoms with van der Waals surface area (Å²) in [6.07, 6.45) is 11.5. The SMILES string of the molecule is CNC(Cc1ccn(C2CCCCC2)n1)c1cnns1. The molecule has 0 aromatic carbocycles. The van der Waals surface area contributed by atoms with Crippen molar-refractivity contribution in [2.45, 2.75) is 50.6 Å².